The summed E-state index contributed by atoms with van der Waals surface area (Å²) in [5.74, 6) is 13.5. The van der Waals surface area contributed by atoms with Crippen LogP contribution in [-0.4, -0.2) is 36.6 Å². The van der Waals surface area contributed by atoms with Gasteiger partial charge in [-0.1, -0.05) is 77.2 Å². The van der Waals surface area contributed by atoms with Gasteiger partial charge in [-0.2, -0.15) is 0 Å². The molecule has 2 aromatic carbocycles. The molecule has 0 spiro atoms. The molecule has 0 amide bonds. The SMILES string of the molecule is CC(C)(C)c1ccc2c(C#CB3OC(C)(C)C(C)(C)O3)c(C(C)(C)C)cc(C#CB3OC(C)(C)C(C)(C)O3)c2c1. The largest absolute Gasteiger partial charge is 0.551 e. The Morgan fingerprint density at radius 2 is 1.02 bits per heavy atom. The van der Waals surface area contributed by atoms with E-state index in [2.05, 4.69) is 89.3 Å². The van der Waals surface area contributed by atoms with Gasteiger partial charge in [0.2, 0.25) is 0 Å². The van der Waals surface area contributed by atoms with Gasteiger partial charge in [-0.05, 0) is 100 Å². The molecule has 0 atom stereocenters. The minimum absolute atomic E-state index is 0.0121. The van der Waals surface area contributed by atoms with Crippen molar-refractivity contribution in [3.05, 3.63) is 46.5 Å². The first-order valence-electron chi connectivity index (χ1n) is 14.4. The Morgan fingerprint density at radius 1 is 0.575 bits per heavy atom. The van der Waals surface area contributed by atoms with E-state index in [9.17, 15) is 0 Å². The molecule has 2 aromatic rings. The third-order valence-corrected chi connectivity index (χ3v) is 8.96. The predicted octanol–water partition coefficient (Wildman–Crippen LogP) is 7.40. The summed E-state index contributed by atoms with van der Waals surface area (Å²) in [4.78, 5) is 0. The molecule has 2 fully saturated rings. The summed E-state index contributed by atoms with van der Waals surface area (Å²) in [6.07, 6.45) is 0. The first-order chi connectivity index (χ1) is 18.0. The Labute approximate surface area is 243 Å². The Hall–Kier alpha value is -2.21. The molecule has 0 N–H and O–H groups in total. The van der Waals surface area contributed by atoms with Crippen LogP contribution >= 0.6 is 0 Å². The van der Waals surface area contributed by atoms with Gasteiger partial charge >= 0.3 is 14.2 Å². The van der Waals surface area contributed by atoms with Gasteiger partial charge in [-0.15, -0.1) is 0 Å². The average molecular weight is 540 g/mol. The van der Waals surface area contributed by atoms with Gasteiger partial charge in [-0.3, -0.25) is 0 Å². The third kappa shape index (κ3) is 5.75. The molecule has 0 saturated carbocycles. The van der Waals surface area contributed by atoms with Crippen LogP contribution in [0.25, 0.3) is 10.8 Å². The van der Waals surface area contributed by atoms with Crippen molar-refractivity contribution in [1.82, 2.24) is 0 Å². The van der Waals surface area contributed by atoms with E-state index >= 15 is 0 Å². The molecule has 4 nitrogen and oxygen atoms in total. The minimum Gasteiger partial charge on any atom is -0.392 e. The van der Waals surface area contributed by atoms with E-state index in [0.29, 0.717) is 0 Å². The second-order valence-electron chi connectivity index (χ2n) is 15.3. The second kappa shape index (κ2) is 9.68. The van der Waals surface area contributed by atoms with Crippen molar-refractivity contribution in [1.29, 1.82) is 0 Å². The fourth-order valence-electron chi connectivity index (χ4n) is 4.79. The number of hydrogen-bond acceptors (Lipinski definition) is 4. The minimum atomic E-state index is -0.593. The summed E-state index contributed by atoms with van der Waals surface area (Å²) < 4.78 is 24.7. The Morgan fingerprint density at radius 3 is 1.45 bits per heavy atom. The molecule has 2 saturated heterocycles. The van der Waals surface area contributed by atoms with Crippen LogP contribution in [0.4, 0.5) is 0 Å². The first-order valence-corrected chi connectivity index (χ1v) is 14.4. The molecule has 2 aliphatic rings. The van der Waals surface area contributed by atoms with Crippen molar-refractivity contribution in [2.75, 3.05) is 0 Å². The summed E-state index contributed by atoms with van der Waals surface area (Å²) in [6.45, 7) is 29.7. The van der Waals surface area contributed by atoms with Crippen LogP contribution in [-0.2, 0) is 29.4 Å². The van der Waals surface area contributed by atoms with Gasteiger partial charge in [0.05, 0.1) is 22.4 Å². The molecule has 6 heteroatoms. The van der Waals surface area contributed by atoms with Gasteiger partial charge in [0.15, 0.2) is 0 Å². The Bertz CT molecular complexity index is 1410. The highest BCUT2D eigenvalue weighted by atomic mass is 16.7. The van der Waals surface area contributed by atoms with Gasteiger partial charge < -0.3 is 18.6 Å². The van der Waals surface area contributed by atoms with E-state index in [1.807, 2.05) is 55.4 Å². The van der Waals surface area contributed by atoms with Crippen LogP contribution in [0.3, 0.4) is 0 Å². The molecule has 0 aromatic heterocycles. The average Bonchev–Trinajstić information content (AvgIpc) is 3.12. The Balaban J connectivity index is 1.91. The molecule has 2 heterocycles. The van der Waals surface area contributed by atoms with Crippen LogP contribution < -0.4 is 0 Å². The van der Waals surface area contributed by atoms with Crippen LogP contribution in [0.2, 0.25) is 0 Å². The van der Waals surface area contributed by atoms with E-state index in [0.717, 1.165) is 27.5 Å². The van der Waals surface area contributed by atoms with Crippen molar-refractivity contribution < 1.29 is 18.6 Å². The third-order valence-electron chi connectivity index (χ3n) is 8.96. The zero-order valence-electron chi connectivity index (χ0n) is 27.1. The molecule has 2 aliphatic heterocycles. The van der Waals surface area contributed by atoms with Crippen LogP contribution in [0.1, 0.15) is 119 Å². The van der Waals surface area contributed by atoms with Gasteiger partial charge in [0, 0.05) is 11.1 Å². The highest BCUT2D eigenvalue weighted by Crippen LogP contribution is 2.39. The molecular formula is C34H46B2O4. The summed E-state index contributed by atoms with van der Waals surface area (Å²) in [5.41, 5.74) is 2.39. The highest BCUT2D eigenvalue weighted by molar-refractivity contribution is 6.56. The van der Waals surface area contributed by atoms with Gasteiger partial charge in [0.25, 0.3) is 0 Å². The lowest BCUT2D eigenvalue weighted by Crippen LogP contribution is -2.41. The van der Waals surface area contributed by atoms with Crippen molar-refractivity contribution in [3.63, 3.8) is 0 Å². The van der Waals surface area contributed by atoms with Crippen LogP contribution in [0.5, 0.6) is 0 Å². The van der Waals surface area contributed by atoms with Crippen molar-refractivity contribution >= 4 is 25.0 Å². The summed E-state index contributed by atoms with van der Waals surface area (Å²) in [7, 11) is -1.18. The van der Waals surface area contributed by atoms with E-state index in [1.54, 1.807) is 0 Å². The smallest absolute Gasteiger partial charge is 0.392 e. The predicted molar refractivity (Wildman–Crippen MR) is 167 cm³/mol. The molecule has 0 unspecified atom stereocenters. The highest BCUT2D eigenvalue weighted by Gasteiger charge is 2.51. The van der Waals surface area contributed by atoms with Gasteiger partial charge in [-0.25, -0.2) is 0 Å². The zero-order valence-corrected chi connectivity index (χ0v) is 27.1. The van der Waals surface area contributed by atoms with Crippen molar-refractivity contribution in [2.24, 2.45) is 0 Å². The molecule has 212 valence electrons. The first kappa shape index (κ1) is 30.7. The second-order valence-corrected chi connectivity index (χ2v) is 15.3. The van der Waals surface area contributed by atoms with Crippen LogP contribution in [0, 0.1) is 23.5 Å². The normalized spacial score (nSPS) is 21.1. The van der Waals surface area contributed by atoms with Crippen molar-refractivity contribution in [3.8, 4) is 23.5 Å². The fraction of sp³-hybridized carbons (Fsp3) is 0.588. The monoisotopic (exact) mass is 540 g/mol. The fourth-order valence-corrected chi connectivity index (χ4v) is 4.79. The van der Waals surface area contributed by atoms with Crippen molar-refractivity contribution in [2.45, 2.75) is 130 Å². The standard InChI is InChI=1S/C34H46B2O4/c1-29(2,3)24-15-16-25-26(18-20-36-39-33(11,12)34(13,14)40-36)28(30(4,5)6)21-23(27(25)22-24)17-19-35-37-31(7,8)32(9,10)38-35/h15-16,21-22H,1-14H3. The summed E-state index contributed by atoms with van der Waals surface area (Å²) >= 11 is 0. The summed E-state index contributed by atoms with van der Waals surface area (Å²) in [6, 6.07) is 8.86. The maximum atomic E-state index is 6.19. The topological polar surface area (TPSA) is 36.9 Å². The van der Waals surface area contributed by atoms with Gasteiger partial charge in [0.1, 0.15) is 0 Å². The van der Waals surface area contributed by atoms with E-state index < -0.39 is 36.6 Å². The van der Waals surface area contributed by atoms with Crippen LogP contribution in [0.15, 0.2) is 24.3 Å². The van der Waals surface area contributed by atoms with E-state index in [-0.39, 0.29) is 10.8 Å². The molecule has 40 heavy (non-hydrogen) atoms. The zero-order chi connectivity index (χ0) is 30.1. The lowest BCUT2D eigenvalue weighted by Gasteiger charge is -2.32. The lowest BCUT2D eigenvalue weighted by molar-refractivity contribution is 0.00578. The van der Waals surface area contributed by atoms with E-state index in [1.165, 1.54) is 5.56 Å². The number of benzene rings is 2. The maximum Gasteiger partial charge on any atom is 0.551 e. The quantitative estimate of drug-likeness (QED) is 0.258. The molecule has 0 aliphatic carbocycles. The molecule has 0 radical (unpaired) electrons. The molecular weight excluding hydrogens is 494 g/mol. The number of fused-ring (bicyclic) bond motifs is 1. The number of rotatable bonds is 0. The molecule has 0 bridgehead atoms. The maximum absolute atomic E-state index is 6.19. The molecule has 4 rings (SSSR count). The lowest BCUT2D eigenvalue weighted by atomic mass is 9.78. The number of hydrogen-bond donors (Lipinski definition) is 0. The van der Waals surface area contributed by atoms with E-state index in [4.69, 9.17) is 18.6 Å². The Kier molecular flexibility index (Phi) is 7.44. The summed E-state index contributed by atoms with van der Waals surface area (Å²) in [5, 5.41) is 2.14.